The Kier molecular flexibility index (Phi) is 11.9. The molecule has 0 unspecified atom stereocenters. The van der Waals surface area contributed by atoms with Crippen molar-refractivity contribution in [1.82, 2.24) is 0 Å². The van der Waals surface area contributed by atoms with Crippen molar-refractivity contribution in [2.75, 3.05) is 44.9 Å². The molecule has 0 aliphatic carbocycles. The van der Waals surface area contributed by atoms with Gasteiger partial charge < -0.3 is 33.3 Å². The molecule has 2 aromatic carbocycles. The van der Waals surface area contributed by atoms with Crippen molar-refractivity contribution in [2.24, 2.45) is 0 Å². The number of hydrogen-bond acceptors (Lipinski definition) is 9. The zero-order valence-corrected chi connectivity index (χ0v) is 23.3. The summed E-state index contributed by atoms with van der Waals surface area (Å²) in [6.07, 6.45) is 0.0910. The van der Waals surface area contributed by atoms with Gasteiger partial charge in [0.25, 0.3) is 0 Å². The largest absolute Gasteiger partial charge is 0.493 e. The highest BCUT2D eigenvalue weighted by Gasteiger charge is 2.50. The number of aromatic carboxylic acids is 1. The van der Waals surface area contributed by atoms with Crippen LogP contribution in [0.3, 0.4) is 0 Å². The molecule has 0 heterocycles. The SMILES string of the molecule is CCOc1ccc2c(NCCC(P(=O)(OCC)OCC)P(=O)(OCC)OCC)cccc2c1C(=O)O. The molecule has 0 amide bonds. The number of nitrogens with one attached hydrogen (secondary N) is 1. The average Bonchev–Trinajstić information content (AvgIpc) is 2.82. The number of carboxylic acids is 1. The third-order valence-corrected chi connectivity index (χ3v) is 11.4. The fourth-order valence-corrected chi connectivity index (χ4v) is 9.31. The molecule has 0 saturated heterocycles. The van der Waals surface area contributed by atoms with E-state index in [9.17, 15) is 19.0 Å². The van der Waals surface area contributed by atoms with Gasteiger partial charge in [0, 0.05) is 23.0 Å². The van der Waals surface area contributed by atoms with Crippen LogP contribution in [0.1, 0.15) is 51.4 Å². The smallest absolute Gasteiger partial charge is 0.345 e. The van der Waals surface area contributed by atoms with Crippen LogP contribution in [0.25, 0.3) is 10.8 Å². The molecule has 0 aliphatic rings. The Hall–Kier alpha value is -1.93. The minimum atomic E-state index is -3.86. The molecule has 2 aromatic rings. The molecule has 36 heavy (non-hydrogen) atoms. The standard InChI is InChI=1S/C24H37NO9P2/c1-6-30-21-15-14-18-19(23(21)24(26)27)12-11-13-20(18)25-17-16-22(35(28,31-7-2)32-8-3)36(29,33-9-4)34-10-5/h11-15,22,25H,6-10,16-17H2,1-5H3,(H,26,27). The molecule has 0 fully saturated rings. The average molecular weight is 546 g/mol. The lowest BCUT2D eigenvalue weighted by Gasteiger charge is -2.31. The first-order valence-corrected chi connectivity index (χ1v) is 15.4. The van der Waals surface area contributed by atoms with Crippen LogP contribution < -0.4 is 10.1 Å². The molecular formula is C24H37NO9P2. The predicted octanol–water partition coefficient (Wildman–Crippen LogP) is 6.60. The third kappa shape index (κ3) is 7.09. The van der Waals surface area contributed by atoms with Gasteiger partial charge in [-0.15, -0.1) is 0 Å². The topological polar surface area (TPSA) is 130 Å². The van der Waals surface area contributed by atoms with Gasteiger partial charge in [-0.2, -0.15) is 0 Å². The molecule has 0 saturated carbocycles. The summed E-state index contributed by atoms with van der Waals surface area (Å²) in [5.41, 5.74) is 0.729. The first-order valence-electron chi connectivity index (χ1n) is 12.1. The van der Waals surface area contributed by atoms with E-state index in [2.05, 4.69) is 5.32 Å². The first-order chi connectivity index (χ1) is 17.2. The Balaban J connectivity index is 2.42. The summed E-state index contributed by atoms with van der Waals surface area (Å²) in [5, 5.41) is 13.1. The van der Waals surface area contributed by atoms with Crippen LogP contribution in [0.15, 0.2) is 30.3 Å². The molecule has 0 radical (unpaired) electrons. The van der Waals surface area contributed by atoms with E-state index < -0.39 is 26.6 Å². The molecular weight excluding hydrogens is 508 g/mol. The molecule has 12 heteroatoms. The van der Waals surface area contributed by atoms with Crippen LogP contribution in [-0.2, 0) is 27.2 Å². The zero-order chi connectivity index (χ0) is 26.8. The number of fused-ring (bicyclic) bond motifs is 1. The van der Waals surface area contributed by atoms with Gasteiger partial charge >= 0.3 is 21.2 Å². The van der Waals surface area contributed by atoms with Crippen LogP contribution in [0.5, 0.6) is 5.75 Å². The normalized spacial score (nSPS) is 12.3. The highest BCUT2D eigenvalue weighted by atomic mass is 31.2. The third-order valence-electron chi connectivity index (χ3n) is 5.22. The summed E-state index contributed by atoms with van der Waals surface area (Å²) in [5.74, 6) is -0.802. The van der Waals surface area contributed by atoms with Gasteiger partial charge in [-0.25, -0.2) is 4.79 Å². The summed E-state index contributed by atoms with van der Waals surface area (Å²) in [4.78, 5) is 12.0. The van der Waals surface area contributed by atoms with Crippen molar-refractivity contribution >= 4 is 37.6 Å². The number of carbonyl (C=O) groups is 1. The Bertz CT molecular complexity index is 1060. The summed E-state index contributed by atoms with van der Waals surface area (Å²) in [6, 6.07) is 8.66. The maximum absolute atomic E-state index is 13.7. The van der Waals surface area contributed by atoms with Crippen LogP contribution in [0, 0.1) is 0 Å². The van der Waals surface area contributed by atoms with Crippen LogP contribution >= 0.6 is 15.2 Å². The number of ether oxygens (including phenoxy) is 1. The zero-order valence-electron chi connectivity index (χ0n) is 21.5. The number of anilines is 1. The summed E-state index contributed by atoms with van der Waals surface area (Å²) in [6.45, 7) is 9.46. The van der Waals surface area contributed by atoms with E-state index in [1.807, 2.05) is 0 Å². The molecule has 2 rings (SSSR count). The van der Waals surface area contributed by atoms with Gasteiger partial charge in [-0.1, -0.05) is 12.1 Å². The number of benzene rings is 2. The molecule has 0 atom stereocenters. The Morgan fingerprint density at radius 1 is 0.833 bits per heavy atom. The number of hydrogen-bond donors (Lipinski definition) is 2. The minimum Gasteiger partial charge on any atom is -0.493 e. The maximum Gasteiger partial charge on any atom is 0.345 e. The van der Waals surface area contributed by atoms with E-state index in [0.717, 1.165) is 0 Å². The molecule has 202 valence electrons. The van der Waals surface area contributed by atoms with Crippen LogP contribution in [0.2, 0.25) is 0 Å². The minimum absolute atomic E-state index is 0.0743. The fraction of sp³-hybridized carbons (Fsp3) is 0.542. The van der Waals surface area contributed by atoms with Crippen LogP contribution in [-0.4, -0.2) is 56.1 Å². The predicted molar refractivity (Wildman–Crippen MR) is 141 cm³/mol. The van der Waals surface area contributed by atoms with Gasteiger partial charge in [0.15, 0.2) is 5.40 Å². The molecule has 0 spiro atoms. The summed E-state index contributed by atoms with van der Waals surface area (Å²) < 4.78 is 55.0. The first kappa shape index (κ1) is 30.3. The van der Waals surface area contributed by atoms with Gasteiger partial charge in [0.05, 0.1) is 33.0 Å². The van der Waals surface area contributed by atoms with Gasteiger partial charge in [0.2, 0.25) is 0 Å². The number of rotatable bonds is 17. The Morgan fingerprint density at radius 3 is 1.86 bits per heavy atom. The van der Waals surface area contributed by atoms with Crippen molar-refractivity contribution in [1.29, 1.82) is 0 Å². The summed E-state index contributed by atoms with van der Waals surface area (Å²) >= 11 is 0. The van der Waals surface area contributed by atoms with Crippen molar-refractivity contribution in [3.63, 3.8) is 0 Å². The highest BCUT2D eigenvalue weighted by Crippen LogP contribution is 2.71. The van der Waals surface area contributed by atoms with E-state index in [-0.39, 0.29) is 45.0 Å². The Morgan fingerprint density at radius 2 is 1.39 bits per heavy atom. The highest BCUT2D eigenvalue weighted by molar-refractivity contribution is 7.72. The second-order valence-electron chi connectivity index (χ2n) is 7.52. The maximum atomic E-state index is 13.7. The summed E-state index contributed by atoms with van der Waals surface area (Å²) in [7, 11) is -7.72. The molecule has 0 aromatic heterocycles. The fourth-order valence-electron chi connectivity index (χ4n) is 3.95. The van der Waals surface area contributed by atoms with E-state index in [1.165, 1.54) is 0 Å². The lowest BCUT2D eigenvalue weighted by atomic mass is 10.0. The molecule has 0 bridgehead atoms. The quantitative estimate of drug-likeness (QED) is 0.210. The van der Waals surface area contributed by atoms with Gasteiger partial charge in [-0.05, 0) is 59.2 Å². The molecule has 10 nitrogen and oxygen atoms in total. The second kappa shape index (κ2) is 14.1. The molecule has 0 aliphatic heterocycles. The monoisotopic (exact) mass is 545 g/mol. The van der Waals surface area contributed by atoms with Crippen molar-refractivity contribution < 1.29 is 41.9 Å². The van der Waals surface area contributed by atoms with Gasteiger partial charge in [0.1, 0.15) is 11.3 Å². The van der Waals surface area contributed by atoms with Crippen molar-refractivity contribution in [3.05, 3.63) is 35.9 Å². The van der Waals surface area contributed by atoms with E-state index in [0.29, 0.717) is 28.8 Å². The lowest BCUT2D eigenvalue weighted by molar-refractivity contribution is 0.0694. The molecule has 2 N–H and O–H groups in total. The lowest BCUT2D eigenvalue weighted by Crippen LogP contribution is -2.21. The Labute approximate surface area is 212 Å². The van der Waals surface area contributed by atoms with Crippen molar-refractivity contribution in [3.8, 4) is 5.75 Å². The van der Waals surface area contributed by atoms with Crippen LogP contribution in [0.4, 0.5) is 5.69 Å². The van der Waals surface area contributed by atoms with Gasteiger partial charge in [-0.3, -0.25) is 9.13 Å². The van der Waals surface area contributed by atoms with E-state index >= 15 is 0 Å². The van der Waals surface area contributed by atoms with E-state index in [1.54, 1.807) is 65.0 Å². The second-order valence-corrected chi connectivity index (χ2v) is 12.4. The van der Waals surface area contributed by atoms with E-state index in [4.69, 9.17) is 22.8 Å². The van der Waals surface area contributed by atoms with Crippen molar-refractivity contribution in [2.45, 2.75) is 46.4 Å². The number of carboxylic acid groups (broad SMARTS) is 1.